The number of alkyl halides is 3. The van der Waals surface area contributed by atoms with E-state index in [0.717, 1.165) is 17.0 Å². The molecular formula is C13H12F3N3OS2. The summed E-state index contributed by atoms with van der Waals surface area (Å²) in [5, 5.41) is 0.352. The van der Waals surface area contributed by atoms with Gasteiger partial charge in [-0.15, -0.1) is 11.8 Å². The molecule has 2 aliphatic heterocycles. The van der Waals surface area contributed by atoms with Crippen LogP contribution in [0.1, 0.15) is 5.56 Å². The van der Waals surface area contributed by atoms with Gasteiger partial charge in [-0.05, 0) is 30.4 Å². The number of halogens is 3. The number of fused-ring (bicyclic) bond motifs is 3. The van der Waals surface area contributed by atoms with Crippen molar-refractivity contribution in [2.75, 3.05) is 23.7 Å². The van der Waals surface area contributed by atoms with E-state index in [1.165, 1.54) is 17.8 Å². The minimum absolute atomic E-state index is 0.0230. The van der Waals surface area contributed by atoms with E-state index in [9.17, 15) is 18.0 Å². The number of hydrogen-bond acceptors (Lipinski definition) is 3. The molecule has 4 nitrogen and oxygen atoms in total. The normalized spacial score (nSPS) is 20.9. The molecular weight excluding hydrogens is 335 g/mol. The number of carbonyl (C=O) groups is 1. The van der Waals surface area contributed by atoms with Crippen molar-refractivity contribution >= 4 is 40.7 Å². The molecule has 1 atom stereocenters. The van der Waals surface area contributed by atoms with Gasteiger partial charge >= 0.3 is 6.18 Å². The average molecular weight is 347 g/mol. The molecule has 2 N–H and O–H groups in total. The zero-order chi connectivity index (χ0) is 16.1. The Labute approximate surface area is 134 Å². The lowest BCUT2D eigenvalue weighted by Crippen LogP contribution is -2.39. The number of rotatable bonds is 2. The van der Waals surface area contributed by atoms with Crippen LogP contribution in [-0.2, 0) is 11.0 Å². The van der Waals surface area contributed by atoms with Crippen molar-refractivity contribution in [1.82, 2.24) is 4.90 Å². The molecule has 2 aliphatic rings. The van der Waals surface area contributed by atoms with Crippen LogP contribution in [0.15, 0.2) is 23.1 Å². The second-order valence-electron chi connectivity index (χ2n) is 5.14. The van der Waals surface area contributed by atoms with Crippen LogP contribution < -0.4 is 10.6 Å². The summed E-state index contributed by atoms with van der Waals surface area (Å²) in [7, 11) is 0. The summed E-state index contributed by atoms with van der Waals surface area (Å²) < 4.78 is 38.8. The quantitative estimate of drug-likeness (QED) is 0.830. The van der Waals surface area contributed by atoms with Gasteiger partial charge in [0.1, 0.15) is 0 Å². The molecule has 1 aromatic rings. The lowest BCUT2D eigenvalue weighted by molar-refractivity contribution is -0.137. The van der Waals surface area contributed by atoms with Crippen molar-refractivity contribution in [3.8, 4) is 0 Å². The molecule has 1 fully saturated rings. The smallest absolute Gasteiger partial charge is 0.368 e. The first kappa shape index (κ1) is 15.4. The molecule has 0 aromatic heterocycles. The fraction of sp³-hybridized carbons (Fsp3) is 0.385. The number of nitrogens with zero attached hydrogens (tertiary/aromatic N) is 2. The highest BCUT2D eigenvalue weighted by Crippen LogP contribution is 2.43. The number of hydrogen-bond donors (Lipinski definition) is 1. The second kappa shape index (κ2) is 5.31. The van der Waals surface area contributed by atoms with Gasteiger partial charge in [-0.3, -0.25) is 4.79 Å². The summed E-state index contributed by atoms with van der Waals surface area (Å²) in [6.07, 6.45) is -4.40. The Bertz CT molecular complexity index is 650. The third kappa shape index (κ3) is 2.63. The van der Waals surface area contributed by atoms with E-state index in [1.54, 1.807) is 9.80 Å². The highest BCUT2D eigenvalue weighted by molar-refractivity contribution is 7.99. The fourth-order valence-corrected chi connectivity index (χ4v) is 4.14. The number of carbonyl (C=O) groups excluding carboxylic acids is 1. The van der Waals surface area contributed by atoms with E-state index >= 15 is 0 Å². The highest BCUT2D eigenvalue weighted by atomic mass is 32.2. The first-order valence-electron chi connectivity index (χ1n) is 6.48. The van der Waals surface area contributed by atoms with Crippen molar-refractivity contribution in [3.05, 3.63) is 23.8 Å². The molecule has 3 rings (SSSR count). The van der Waals surface area contributed by atoms with E-state index in [-0.39, 0.29) is 12.6 Å². The Morgan fingerprint density at radius 1 is 1.45 bits per heavy atom. The van der Waals surface area contributed by atoms with Crippen LogP contribution in [-0.4, -0.2) is 40.8 Å². The third-order valence-electron chi connectivity index (χ3n) is 3.60. The van der Waals surface area contributed by atoms with Crippen LogP contribution in [0.5, 0.6) is 0 Å². The maximum absolute atomic E-state index is 12.9. The lowest BCUT2D eigenvalue weighted by Gasteiger charge is -2.32. The van der Waals surface area contributed by atoms with Gasteiger partial charge in [0, 0.05) is 17.2 Å². The van der Waals surface area contributed by atoms with Crippen LogP contribution >= 0.6 is 24.0 Å². The van der Waals surface area contributed by atoms with Gasteiger partial charge in [0.15, 0.2) is 5.11 Å². The maximum Gasteiger partial charge on any atom is 0.416 e. The monoisotopic (exact) mass is 347 g/mol. The summed E-state index contributed by atoms with van der Waals surface area (Å²) in [5.74, 6) is 0.187. The van der Waals surface area contributed by atoms with Gasteiger partial charge < -0.3 is 15.5 Å². The highest BCUT2D eigenvalue weighted by Gasteiger charge is 2.41. The lowest BCUT2D eigenvalue weighted by atomic mass is 10.1. The fourth-order valence-electron chi connectivity index (χ4n) is 2.66. The van der Waals surface area contributed by atoms with Crippen molar-refractivity contribution in [1.29, 1.82) is 0 Å². The molecule has 2 heterocycles. The first-order chi connectivity index (χ1) is 10.3. The summed E-state index contributed by atoms with van der Waals surface area (Å²) in [6.45, 7) is 0.468. The van der Waals surface area contributed by atoms with Crippen molar-refractivity contribution in [2.45, 2.75) is 17.1 Å². The van der Waals surface area contributed by atoms with Gasteiger partial charge in [-0.1, -0.05) is 0 Å². The average Bonchev–Trinajstić information content (AvgIpc) is 2.73. The Balaban J connectivity index is 1.97. The van der Waals surface area contributed by atoms with Crippen LogP contribution in [0.4, 0.5) is 18.9 Å². The van der Waals surface area contributed by atoms with Crippen molar-refractivity contribution in [2.24, 2.45) is 5.73 Å². The van der Waals surface area contributed by atoms with Gasteiger partial charge in [0.2, 0.25) is 5.91 Å². The summed E-state index contributed by atoms with van der Waals surface area (Å²) in [6, 6.07) is 3.62. The predicted octanol–water partition coefficient (Wildman–Crippen LogP) is 2.07. The molecule has 118 valence electrons. The number of anilines is 1. The zero-order valence-electron chi connectivity index (χ0n) is 11.3. The van der Waals surface area contributed by atoms with Crippen LogP contribution in [0.25, 0.3) is 0 Å². The SMILES string of the molecule is NC(=O)CN1CC2CSc3ccc(C(F)(F)F)cc3N2C1=S. The molecule has 1 unspecified atom stereocenters. The largest absolute Gasteiger partial charge is 0.416 e. The Kier molecular flexibility index (Phi) is 3.72. The number of primary amides is 1. The first-order valence-corrected chi connectivity index (χ1v) is 7.87. The molecule has 0 saturated carbocycles. The molecule has 0 radical (unpaired) electrons. The van der Waals surface area contributed by atoms with Gasteiger partial charge in [-0.25, -0.2) is 0 Å². The molecule has 1 amide bonds. The van der Waals surface area contributed by atoms with Crippen molar-refractivity contribution < 1.29 is 18.0 Å². The van der Waals surface area contributed by atoms with Crippen LogP contribution in [0.3, 0.4) is 0 Å². The second-order valence-corrected chi connectivity index (χ2v) is 6.57. The predicted molar refractivity (Wildman–Crippen MR) is 81.8 cm³/mol. The van der Waals surface area contributed by atoms with E-state index in [2.05, 4.69) is 0 Å². The summed E-state index contributed by atoms with van der Waals surface area (Å²) in [4.78, 5) is 15.2. The number of thioether (sulfide) groups is 1. The number of thiocarbonyl (C=S) groups is 1. The zero-order valence-corrected chi connectivity index (χ0v) is 12.9. The van der Waals surface area contributed by atoms with Gasteiger partial charge in [-0.2, -0.15) is 13.2 Å². The minimum Gasteiger partial charge on any atom is -0.368 e. The van der Waals surface area contributed by atoms with Crippen molar-refractivity contribution in [3.63, 3.8) is 0 Å². The topological polar surface area (TPSA) is 49.6 Å². The van der Waals surface area contributed by atoms with E-state index in [1.807, 2.05) is 0 Å². The number of amides is 1. The standard InChI is InChI=1S/C13H12F3N3OS2/c14-13(15,16)7-1-2-10-9(3-7)19-8(6-22-10)4-18(12(19)21)5-11(17)20/h1-3,8H,4-6H2,(H2,17,20). The number of benzene rings is 1. The summed E-state index contributed by atoms with van der Waals surface area (Å²) >= 11 is 6.82. The van der Waals surface area contributed by atoms with E-state index in [0.29, 0.717) is 23.1 Å². The van der Waals surface area contributed by atoms with E-state index < -0.39 is 17.6 Å². The molecule has 1 saturated heterocycles. The Morgan fingerprint density at radius 3 is 2.82 bits per heavy atom. The molecule has 22 heavy (non-hydrogen) atoms. The molecule has 1 aromatic carbocycles. The van der Waals surface area contributed by atoms with Crippen LogP contribution in [0, 0.1) is 0 Å². The molecule has 0 aliphatic carbocycles. The Hall–Kier alpha value is -1.48. The van der Waals surface area contributed by atoms with Crippen LogP contribution in [0.2, 0.25) is 0 Å². The molecule has 9 heteroatoms. The Morgan fingerprint density at radius 2 is 2.18 bits per heavy atom. The van der Waals surface area contributed by atoms with Gasteiger partial charge in [0.25, 0.3) is 0 Å². The molecule has 0 bridgehead atoms. The third-order valence-corrected chi connectivity index (χ3v) is 5.26. The van der Waals surface area contributed by atoms with E-state index in [4.69, 9.17) is 18.0 Å². The minimum atomic E-state index is -4.40. The summed E-state index contributed by atoms with van der Waals surface area (Å²) in [5.41, 5.74) is 4.93. The number of nitrogens with two attached hydrogens (primary N) is 1. The van der Waals surface area contributed by atoms with Gasteiger partial charge in [0.05, 0.1) is 23.8 Å². The maximum atomic E-state index is 12.9. The molecule has 0 spiro atoms.